The van der Waals surface area contributed by atoms with Crippen LogP contribution in [0.4, 0.5) is 0 Å². The van der Waals surface area contributed by atoms with Crippen molar-refractivity contribution in [2.45, 2.75) is 19.9 Å². The van der Waals surface area contributed by atoms with Crippen LogP contribution in [0, 0.1) is 5.41 Å². The van der Waals surface area contributed by atoms with E-state index in [9.17, 15) is 4.79 Å². The van der Waals surface area contributed by atoms with Gasteiger partial charge in [-0.15, -0.1) is 0 Å². The SMILES string of the molecule is C=CC(=O)N1CC(C)(C)C1c1nccn1C. The molecule has 1 saturated heterocycles. The normalized spacial score (nSPS) is 22.7. The Morgan fingerprint density at radius 1 is 1.69 bits per heavy atom. The molecule has 86 valence electrons. The first-order valence-corrected chi connectivity index (χ1v) is 5.37. The van der Waals surface area contributed by atoms with Gasteiger partial charge in [0.1, 0.15) is 5.82 Å². The summed E-state index contributed by atoms with van der Waals surface area (Å²) in [6.45, 7) is 8.59. The average Bonchev–Trinajstić information content (AvgIpc) is 2.60. The van der Waals surface area contributed by atoms with Gasteiger partial charge in [-0.3, -0.25) is 4.79 Å². The van der Waals surface area contributed by atoms with Gasteiger partial charge in [-0.25, -0.2) is 4.98 Å². The topological polar surface area (TPSA) is 38.1 Å². The molecule has 1 aromatic rings. The molecule has 1 atom stereocenters. The molecule has 1 aromatic heterocycles. The average molecular weight is 219 g/mol. The van der Waals surface area contributed by atoms with Crippen LogP contribution in [0.25, 0.3) is 0 Å². The Morgan fingerprint density at radius 3 is 2.81 bits per heavy atom. The number of hydrogen-bond donors (Lipinski definition) is 0. The highest BCUT2D eigenvalue weighted by molar-refractivity contribution is 5.88. The molecule has 4 heteroatoms. The van der Waals surface area contributed by atoms with Gasteiger partial charge < -0.3 is 9.47 Å². The molecule has 1 aliphatic heterocycles. The minimum absolute atomic E-state index is 0.0210. The van der Waals surface area contributed by atoms with Crippen molar-refractivity contribution in [1.82, 2.24) is 14.5 Å². The van der Waals surface area contributed by atoms with Crippen molar-refractivity contribution in [2.24, 2.45) is 12.5 Å². The van der Waals surface area contributed by atoms with Gasteiger partial charge in [0.05, 0.1) is 6.04 Å². The summed E-state index contributed by atoms with van der Waals surface area (Å²) in [4.78, 5) is 17.8. The van der Waals surface area contributed by atoms with Gasteiger partial charge in [0, 0.05) is 31.4 Å². The number of carbonyl (C=O) groups excluding carboxylic acids is 1. The van der Waals surface area contributed by atoms with Crippen molar-refractivity contribution in [3.8, 4) is 0 Å². The second-order valence-electron chi connectivity index (χ2n) is 4.96. The molecule has 4 nitrogen and oxygen atoms in total. The van der Waals surface area contributed by atoms with Gasteiger partial charge in [0.25, 0.3) is 0 Å². The smallest absolute Gasteiger partial charge is 0.246 e. The third kappa shape index (κ3) is 1.45. The van der Waals surface area contributed by atoms with E-state index in [1.54, 1.807) is 6.20 Å². The summed E-state index contributed by atoms with van der Waals surface area (Å²) in [6, 6.07) is 0.0537. The van der Waals surface area contributed by atoms with E-state index in [1.807, 2.05) is 22.7 Å². The minimum Gasteiger partial charge on any atom is -0.336 e. The van der Waals surface area contributed by atoms with Crippen LogP contribution < -0.4 is 0 Å². The largest absolute Gasteiger partial charge is 0.336 e. The summed E-state index contributed by atoms with van der Waals surface area (Å²) in [6.07, 6.45) is 5.03. The van der Waals surface area contributed by atoms with Crippen LogP contribution in [-0.2, 0) is 11.8 Å². The molecule has 16 heavy (non-hydrogen) atoms. The Bertz CT molecular complexity index is 433. The first kappa shape index (κ1) is 10.9. The standard InChI is InChI=1S/C12H17N3O/c1-5-9(16)15-8-12(2,3)10(15)11-13-6-7-14(11)4/h5-7,10H,1,8H2,2-4H3. The van der Waals surface area contributed by atoms with E-state index < -0.39 is 0 Å². The number of hydrogen-bond acceptors (Lipinski definition) is 2. The summed E-state index contributed by atoms with van der Waals surface area (Å²) in [7, 11) is 1.95. The van der Waals surface area contributed by atoms with Crippen LogP contribution in [0.1, 0.15) is 25.7 Å². The molecule has 2 rings (SSSR count). The van der Waals surface area contributed by atoms with E-state index in [4.69, 9.17) is 0 Å². The second kappa shape index (κ2) is 3.47. The predicted octanol–water partition coefficient (Wildman–Crippen LogP) is 1.52. The zero-order valence-electron chi connectivity index (χ0n) is 9.97. The number of carbonyl (C=O) groups is 1. The van der Waals surface area contributed by atoms with Crippen LogP contribution in [0.2, 0.25) is 0 Å². The molecular weight excluding hydrogens is 202 g/mol. The lowest BCUT2D eigenvalue weighted by atomic mass is 9.74. The van der Waals surface area contributed by atoms with Gasteiger partial charge in [-0.1, -0.05) is 20.4 Å². The van der Waals surface area contributed by atoms with Crippen molar-refractivity contribution >= 4 is 5.91 Å². The molecule has 1 amide bonds. The summed E-state index contributed by atoms with van der Waals surface area (Å²) in [5.41, 5.74) is 0.0811. The third-order valence-electron chi connectivity index (χ3n) is 3.19. The summed E-state index contributed by atoms with van der Waals surface area (Å²) in [5.74, 6) is 0.916. The molecule has 0 spiro atoms. The minimum atomic E-state index is -0.0210. The van der Waals surface area contributed by atoms with Crippen molar-refractivity contribution in [3.05, 3.63) is 30.9 Å². The Hall–Kier alpha value is -1.58. The maximum atomic E-state index is 11.7. The fourth-order valence-corrected chi connectivity index (χ4v) is 2.38. The van der Waals surface area contributed by atoms with Gasteiger partial charge in [0.2, 0.25) is 5.91 Å². The highest BCUT2D eigenvalue weighted by atomic mass is 16.2. The highest BCUT2D eigenvalue weighted by Crippen LogP contribution is 2.47. The summed E-state index contributed by atoms with van der Waals surface area (Å²) in [5, 5.41) is 0. The van der Waals surface area contributed by atoms with Crippen LogP contribution in [0.5, 0.6) is 0 Å². The van der Waals surface area contributed by atoms with Crippen LogP contribution in [0.3, 0.4) is 0 Å². The molecule has 1 aliphatic rings. The number of imidazole rings is 1. The van der Waals surface area contributed by atoms with Crippen molar-refractivity contribution < 1.29 is 4.79 Å². The molecule has 0 bridgehead atoms. The Kier molecular flexibility index (Phi) is 2.37. The highest BCUT2D eigenvalue weighted by Gasteiger charge is 2.50. The Labute approximate surface area is 95.6 Å². The number of amides is 1. The van der Waals surface area contributed by atoms with E-state index >= 15 is 0 Å². The van der Waals surface area contributed by atoms with Gasteiger partial charge in [-0.05, 0) is 6.08 Å². The molecule has 0 aliphatic carbocycles. The van der Waals surface area contributed by atoms with Gasteiger partial charge >= 0.3 is 0 Å². The molecule has 0 radical (unpaired) electrons. The molecule has 2 heterocycles. The van der Waals surface area contributed by atoms with Gasteiger partial charge in [-0.2, -0.15) is 0 Å². The summed E-state index contributed by atoms with van der Waals surface area (Å²) >= 11 is 0. The van der Waals surface area contributed by atoms with Gasteiger partial charge in [0.15, 0.2) is 0 Å². The quantitative estimate of drug-likeness (QED) is 0.707. The van der Waals surface area contributed by atoms with Crippen LogP contribution in [-0.4, -0.2) is 26.9 Å². The fourth-order valence-electron chi connectivity index (χ4n) is 2.38. The van der Waals surface area contributed by atoms with Crippen molar-refractivity contribution in [2.75, 3.05) is 6.54 Å². The molecule has 1 fully saturated rings. The molecule has 0 saturated carbocycles. The monoisotopic (exact) mass is 219 g/mol. The first-order chi connectivity index (χ1) is 7.47. The number of rotatable bonds is 2. The molecule has 0 aromatic carbocycles. The second-order valence-corrected chi connectivity index (χ2v) is 4.96. The van der Waals surface area contributed by atoms with E-state index in [-0.39, 0.29) is 17.4 Å². The van der Waals surface area contributed by atoms with Crippen molar-refractivity contribution in [1.29, 1.82) is 0 Å². The lowest BCUT2D eigenvalue weighted by molar-refractivity contribution is -0.147. The Balaban J connectivity index is 2.33. The zero-order valence-corrected chi connectivity index (χ0v) is 9.97. The number of aromatic nitrogens is 2. The summed E-state index contributed by atoms with van der Waals surface area (Å²) < 4.78 is 1.97. The number of likely N-dealkylation sites (tertiary alicyclic amines) is 1. The van der Waals surface area contributed by atoms with E-state index in [2.05, 4.69) is 25.4 Å². The van der Waals surface area contributed by atoms with Crippen LogP contribution >= 0.6 is 0 Å². The van der Waals surface area contributed by atoms with E-state index in [0.717, 1.165) is 12.4 Å². The maximum absolute atomic E-state index is 11.7. The number of nitrogens with zero attached hydrogens (tertiary/aromatic N) is 3. The lowest BCUT2D eigenvalue weighted by Gasteiger charge is -2.53. The fraction of sp³-hybridized carbons (Fsp3) is 0.500. The van der Waals surface area contributed by atoms with E-state index in [1.165, 1.54) is 6.08 Å². The predicted molar refractivity (Wildman–Crippen MR) is 61.6 cm³/mol. The molecule has 1 unspecified atom stereocenters. The molecular formula is C12H17N3O. The Morgan fingerprint density at radius 2 is 2.38 bits per heavy atom. The molecule has 0 N–H and O–H groups in total. The van der Waals surface area contributed by atoms with E-state index in [0.29, 0.717) is 0 Å². The zero-order chi connectivity index (χ0) is 11.9. The van der Waals surface area contributed by atoms with Crippen LogP contribution in [0.15, 0.2) is 25.0 Å². The first-order valence-electron chi connectivity index (χ1n) is 5.37. The number of aryl methyl sites for hydroxylation is 1. The maximum Gasteiger partial charge on any atom is 0.246 e. The lowest BCUT2D eigenvalue weighted by Crippen LogP contribution is -2.58. The third-order valence-corrected chi connectivity index (χ3v) is 3.19. The van der Waals surface area contributed by atoms with Crippen molar-refractivity contribution in [3.63, 3.8) is 0 Å².